The molecular weight excluding hydrogens is 284 g/mol. The van der Waals surface area contributed by atoms with Crippen molar-refractivity contribution in [1.82, 2.24) is 9.55 Å². The zero-order valence-electron chi connectivity index (χ0n) is 13.2. The van der Waals surface area contributed by atoms with Crippen LogP contribution in [-0.2, 0) is 11.3 Å². The van der Waals surface area contributed by atoms with E-state index in [2.05, 4.69) is 30.3 Å². The van der Waals surface area contributed by atoms with Crippen LogP contribution in [0.2, 0.25) is 0 Å². The van der Waals surface area contributed by atoms with E-state index in [9.17, 15) is 0 Å². The number of aromatic nitrogens is 2. The van der Waals surface area contributed by atoms with Crippen LogP contribution >= 0.6 is 11.6 Å². The highest BCUT2D eigenvalue weighted by atomic mass is 35.5. The molecule has 0 aliphatic carbocycles. The van der Waals surface area contributed by atoms with Crippen molar-refractivity contribution in [2.45, 2.75) is 46.6 Å². The number of hydrogen-bond donors (Lipinski definition) is 0. The van der Waals surface area contributed by atoms with E-state index in [0.717, 1.165) is 49.7 Å². The highest BCUT2D eigenvalue weighted by molar-refractivity contribution is 6.31. The zero-order valence-corrected chi connectivity index (χ0v) is 14.0. The van der Waals surface area contributed by atoms with Crippen molar-refractivity contribution in [3.63, 3.8) is 0 Å². The van der Waals surface area contributed by atoms with E-state index >= 15 is 0 Å². The average molecular weight is 309 g/mol. The van der Waals surface area contributed by atoms with Gasteiger partial charge in [0.1, 0.15) is 0 Å². The number of halogens is 1. The molecule has 1 saturated heterocycles. The summed E-state index contributed by atoms with van der Waals surface area (Å²) in [5.41, 5.74) is 3.41. The molecule has 3 nitrogen and oxygen atoms in total. The van der Waals surface area contributed by atoms with Gasteiger partial charge in [-0.1, -0.05) is 24.1 Å². The minimum absolute atomic E-state index is 0.703. The average Bonchev–Trinajstić information content (AvgIpc) is 2.85. The summed E-state index contributed by atoms with van der Waals surface area (Å²) in [6.45, 7) is 9.11. The molecule has 1 aliphatic heterocycles. The highest BCUT2D eigenvalue weighted by Gasteiger charge is 2.15. The number of imidazole rings is 1. The van der Waals surface area contributed by atoms with Gasteiger partial charge in [-0.2, -0.15) is 0 Å². The Kier molecular flexibility index (Phi) is 6.07. The molecule has 1 aromatic rings. The summed E-state index contributed by atoms with van der Waals surface area (Å²) in [4.78, 5) is 4.50. The van der Waals surface area contributed by atoms with Gasteiger partial charge in [0.2, 0.25) is 0 Å². The standard InChI is InChI=1S/C17H25ClN2O/c1-4-13(2)16(18)5-6-17-14(3)20(12-19-17)11-15-7-9-21-10-8-15/h5-6,12,15H,4,7-11H2,1-3H3/b6-5-,16-13-. The van der Waals surface area contributed by atoms with Gasteiger partial charge in [0.15, 0.2) is 0 Å². The van der Waals surface area contributed by atoms with E-state index in [4.69, 9.17) is 16.3 Å². The van der Waals surface area contributed by atoms with Crippen molar-refractivity contribution < 1.29 is 4.74 Å². The second-order valence-electron chi connectivity index (χ2n) is 5.74. The van der Waals surface area contributed by atoms with Gasteiger partial charge >= 0.3 is 0 Å². The number of nitrogens with zero attached hydrogens (tertiary/aromatic N) is 2. The summed E-state index contributed by atoms with van der Waals surface area (Å²) < 4.78 is 7.66. The van der Waals surface area contributed by atoms with Crippen LogP contribution in [0.25, 0.3) is 6.08 Å². The molecule has 0 unspecified atom stereocenters. The Morgan fingerprint density at radius 3 is 2.86 bits per heavy atom. The van der Waals surface area contributed by atoms with Gasteiger partial charge in [0.25, 0.3) is 0 Å². The molecule has 116 valence electrons. The maximum Gasteiger partial charge on any atom is 0.0955 e. The van der Waals surface area contributed by atoms with Crippen molar-refractivity contribution >= 4 is 17.7 Å². The molecule has 0 saturated carbocycles. The SMILES string of the molecule is CC/C(C)=C(Cl)/C=C\c1ncn(CC2CCOCC2)c1C. The largest absolute Gasteiger partial charge is 0.381 e. The summed E-state index contributed by atoms with van der Waals surface area (Å²) in [6, 6.07) is 0. The lowest BCUT2D eigenvalue weighted by Gasteiger charge is -2.22. The molecule has 0 N–H and O–H groups in total. The molecule has 0 atom stereocenters. The maximum atomic E-state index is 6.24. The zero-order chi connectivity index (χ0) is 15.2. The second kappa shape index (κ2) is 7.81. The van der Waals surface area contributed by atoms with Crippen LogP contribution in [0, 0.1) is 12.8 Å². The van der Waals surface area contributed by atoms with Crippen molar-refractivity contribution in [2.24, 2.45) is 5.92 Å². The molecule has 0 aromatic carbocycles. The smallest absolute Gasteiger partial charge is 0.0955 e. The summed E-state index contributed by atoms with van der Waals surface area (Å²) >= 11 is 6.24. The Morgan fingerprint density at radius 2 is 2.19 bits per heavy atom. The topological polar surface area (TPSA) is 27.1 Å². The minimum atomic E-state index is 0.703. The van der Waals surface area contributed by atoms with Crippen molar-refractivity contribution in [3.8, 4) is 0 Å². The van der Waals surface area contributed by atoms with E-state index in [-0.39, 0.29) is 0 Å². The van der Waals surface area contributed by atoms with E-state index in [1.54, 1.807) is 0 Å². The Morgan fingerprint density at radius 1 is 1.48 bits per heavy atom. The third-order valence-electron chi connectivity index (χ3n) is 4.26. The molecule has 21 heavy (non-hydrogen) atoms. The predicted octanol–water partition coefficient (Wildman–Crippen LogP) is 4.55. The Balaban J connectivity index is 2.04. The van der Waals surface area contributed by atoms with E-state index in [0.29, 0.717) is 5.92 Å². The molecular formula is C17H25ClN2O. The van der Waals surface area contributed by atoms with Crippen LogP contribution in [0.1, 0.15) is 44.5 Å². The molecule has 1 aliphatic rings. The van der Waals surface area contributed by atoms with E-state index < -0.39 is 0 Å². The van der Waals surface area contributed by atoms with Gasteiger partial charge in [-0.3, -0.25) is 0 Å². The van der Waals surface area contributed by atoms with Crippen LogP contribution in [0.3, 0.4) is 0 Å². The summed E-state index contributed by atoms with van der Waals surface area (Å²) in [7, 11) is 0. The quantitative estimate of drug-likeness (QED) is 0.746. The van der Waals surface area contributed by atoms with Crippen LogP contribution < -0.4 is 0 Å². The molecule has 2 heterocycles. The lowest BCUT2D eigenvalue weighted by Crippen LogP contribution is -2.20. The lowest BCUT2D eigenvalue weighted by molar-refractivity contribution is 0.0611. The highest BCUT2D eigenvalue weighted by Crippen LogP contribution is 2.20. The summed E-state index contributed by atoms with van der Waals surface area (Å²) in [5.74, 6) is 0.703. The monoisotopic (exact) mass is 308 g/mol. The van der Waals surface area contributed by atoms with E-state index in [1.807, 2.05) is 18.5 Å². The van der Waals surface area contributed by atoms with Gasteiger partial charge in [0.05, 0.1) is 12.0 Å². The third kappa shape index (κ3) is 4.45. The molecule has 0 amide bonds. The summed E-state index contributed by atoms with van der Waals surface area (Å²) in [6.07, 6.45) is 9.17. The number of hydrogen-bond acceptors (Lipinski definition) is 2. The first-order valence-electron chi connectivity index (χ1n) is 7.74. The fourth-order valence-electron chi connectivity index (χ4n) is 2.48. The number of rotatable bonds is 5. The van der Waals surface area contributed by atoms with Crippen LogP contribution in [0.4, 0.5) is 0 Å². The first-order chi connectivity index (χ1) is 10.1. The molecule has 1 fully saturated rings. The Hall–Kier alpha value is -1.06. The molecule has 0 radical (unpaired) electrons. The Labute approximate surface area is 132 Å². The Bertz CT molecular complexity index is 525. The van der Waals surface area contributed by atoms with Gasteiger partial charge in [0, 0.05) is 30.5 Å². The first kappa shape index (κ1) is 16.3. The second-order valence-corrected chi connectivity index (χ2v) is 6.15. The number of allylic oxidation sites excluding steroid dienone is 3. The maximum absolute atomic E-state index is 6.24. The molecule has 1 aromatic heterocycles. The van der Waals surface area contributed by atoms with Gasteiger partial charge in [-0.15, -0.1) is 0 Å². The van der Waals surface area contributed by atoms with Crippen LogP contribution in [0.15, 0.2) is 23.0 Å². The van der Waals surface area contributed by atoms with Crippen molar-refractivity contribution in [2.75, 3.05) is 13.2 Å². The molecule has 4 heteroatoms. The summed E-state index contributed by atoms with van der Waals surface area (Å²) in [5, 5.41) is 0.816. The van der Waals surface area contributed by atoms with Gasteiger partial charge in [-0.05, 0) is 51.2 Å². The third-order valence-corrected chi connectivity index (χ3v) is 4.71. The fourth-order valence-corrected chi connectivity index (χ4v) is 2.67. The number of ether oxygens (including phenoxy) is 1. The van der Waals surface area contributed by atoms with Crippen molar-refractivity contribution in [1.29, 1.82) is 0 Å². The van der Waals surface area contributed by atoms with Gasteiger partial charge in [-0.25, -0.2) is 4.98 Å². The molecule has 0 bridgehead atoms. The van der Waals surface area contributed by atoms with Gasteiger partial charge < -0.3 is 9.30 Å². The van der Waals surface area contributed by atoms with E-state index in [1.165, 1.54) is 11.3 Å². The van der Waals surface area contributed by atoms with Crippen LogP contribution in [-0.4, -0.2) is 22.8 Å². The fraction of sp³-hybridized carbons (Fsp3) is 0.588. The normalized spacial score (nSPS) is 18.3. The molecule has 0 spiro atoms. The lowest BCUT2D eigenvalue weighted by atomic mass is 10.0. The van der Waals surface area contributed by atoms with Crippen molar-refractivity contribution in [3.05, 3.63) is 34.4 Å². The van der Waals surface area contributed by atoms with Crippen LogP contribution in [0.5, 0.6) is 0 Å². The molecule has 2 rings (SSSR count). The predicted molar refractivity (Wildman–Crippen MR) is 88.4 cm³/mol. The minimum Gasteiger partial charge on any atom is -0.381 e. The first-order valence-corrected chi connectivity index (χ1v) is 8.12.